The number of nitrogens with two attached hydrogens (primary N) is 1. The fraction of sp³-hybridized carbons (Fsp3) is 0.188. The fourth-order valence-electron chi connectivity index (χ4n) is 2.10. The molecular weight excluding hydrogens is 328 g/mol. The lowest BCUT2D eigenvalue weighted by Gasteiger charge is -2.14. The van der Waals surface area contributed by atoms with Gasteiger partial charge in [0.15, 0.2) is 5.16 Å². The molecule has 118 valence electrons. The van der Waals surface area contributed by atoms with Crippen molar-refractivity contribution in [1.29, 1.82) is 0 Å². The molecule has 2 aromatic heterocycles. The molecule has 1 aromatic carbocycles. The summed E-state index contributed by atoms with van der Waals surface area (Å²) in [5.74, 6) is 0.397. The molecule has 3 N–H and O–H groups in total. The normalized spacial score (nSPS) is 12.2. The van der Waals surface area contributed by atoms with Crippen molar-refractivity contribution in [1.82, 2.24) is 9.97 Å². The van der Waals surface area contributed by atoms with Gasteiger partial charge in [-0.2, -0.15) is 0 Å². The summed E-state index contributed by atoms with van der Waals surface area (Å²) in [6.45, 7) is 1.97. The molecule has 0 spiro atoms. The first kappa shape index (κ1) is 15.8. The summed E-state index contributed by atoms with van der Waals surface area (Å²) in [4.78, 5) is 22.1. The van der Waals surface area contributed by atoms with Crippen LogP contribution in [-0.2, 0) is 4.79 Å². The van der Waals surface area contributed by atoms with Crippen LogP contribution < -0.4 is 11.1 Å². The molecule has 3 aromatic rings. The Morgan fingerprint density at radius 3 is 2.83 bits per heavy atom. The van der Waals surface area contributed by atoms with E-state index in [0.29, 0.717) is 17.4 Å². The zero-order chi connectivity index (χ0) is 16.2. The number of hydrogen-bond donors (Lipinski definition) is 2. The molecule has 0 aliphatic heterocycles. The number of hydrogen-bond acceptors (Lipinski definition) is 6. The molecule has 0 saturated carbocycles. The third-order valence-corrected chi connectivity index (χ3v) is 5.32. The summed E-state index contributed by atoms with van der Waals surface area (Å²) in [7, 11) is 0. The number of fused-ring (bicyclic) bond motifs is 1. The molecule has 0 saturated heterocycles. The van der Waals surface area contributed by atoms with E-state index in [-0.39, 0.29) is 11.2 Å². The largest absolute Gasteiger partial charge is 0.383 e. The molecule has 3 rings (SSSR count). The molecule has 0 aliphatic rings. The molecular formula is C16H16N4OS2. The highest BCUT2D eigenvalue weighted by Gasteiger charge is 2.20. The number of benzene rings is 1. The number of amides is 1. The molecule has 0 fully saturated rings. The Morgan fingerprint density at radius 2 is 2.09 bits per heavy atom. The van der Waals surface area contributed by atoms with Crippen LogP contribution in [0.4, 0.5) is 11.5 Å². The van der Waals surface area contributed by atoms with Crippen molar-refractivity contribution in [3.63, 3.8) is 0 Å². The van der Waals surface area contributed by atoms with Crippen molar-refractivity contribution in [2.24, 2.45) is 0 Å². The lowest BCUT2D eigenvalue weighted by Crippen LogP contribution is -2.24. The number of para-hydroxylation sites is 1. The zero-order valence-electron chi connectivity index (χ0n) is 12.5. The molecule has 0 radical (unpaired) electrons. The molecule has 1 atom stereocenters. The maximum atomic E-state index is 12.4. The fourth-order valence-corrected chi connectivity index (χ4v) is 3.82. The van der Waals surface area contributed by atoms with E-state index in [1.54, 1.807) is 0 Å². The summed E-state index contributed by atoms with van der Waals surface area (Å²) in [6.07, 6.45) is 0.676. The highest BCUT2D eigenvalue weighted by atomic mass is 32.2. The van der Waals surface area contributed by atoms with Crippen LogP contribution in [0.1, 0.15) is 13.3 Å². The van der Waals surface area contributed by atoms with E-state index >= 15 is 0 Å². The Labute approximate surface area is 142 Å². The van der Waals surface area contributed by atoms with Crippen LogP contribution in [0, 0.1) is 0 Å². The maximum absolute atomic E-state index is 12.4. The van der Waals surface area contributed by atoms with E-state index < -0.39 is 0 Å². The average molecular weight is 344 g/mol. The van der Waals surface area contributed by atoms with Crippen LogP contribution in [0.25, 0.3) is 10.2 Å². The number of carbonyl (C=O) groups is 1. The van der Waals surface area contributed by atoms with Crippen molar-refractivity contribution in [3.8, 4) is 0 Å². The van der Waals surface area contributed by atoms with Crippen LogP contribution >= 0.6 is 23.1 Å². The summed E-state index contributed by atoms with van der Waals surface area (Å²) >= 11 is 2.86. The van der Waals surface area contributed by atoms with E-state index in [0.717, 1.165) is 15.9 Å². The SMILES string of the molecule is CCC(Sc1nc(N)c2ccsc2n1)C(=O)Nc1ccccc1. The number of carbonyl (C=O) groups excluding carboxylic acids is 1. The first-order valence-corrected chi connectivity index (χ1v) is 8.96. The number of thiophene rings is 1. The first-order valence-electron chi connectivity index (χ1n) is 7.20. The van der Waals surface area contributed by atoms with E-state index in [1.165, 1.54) is 23.1 Å². The maximum Gasteiger partial charge on any atom is 0.237 e. The van der Waals surface area contributed by atoms with Crippen molar-refractivity contribution in [2.45, 2.75) is 23.8 Å². The summed E-state index contributed by atoms with van der Waals surface area (Å²) in [5.41, 5.74) is 6.74. The molecule has 1 amide bonds. The second kappa shape index (κ2) is 6.97. The van der Waals surface area contributed by atoms with Crippen LogP contribution in [0.5, 0.6) is 0 Å². The quantitative estimate of drug-likeness (QED) is 0.544. The predicted octanol–water partition coefficient (Wildman–Crippen LogP) is 3.78. The molecule has 0 aliphatic carbocycles. The topological polar surface area (TPSA) is 80.9 Å². The van der Waals surface area contributed by atoms with Gasteiger partial charge in [-0.25, -0.2) is 9.97 Å². The molecule has 0 bridgehead atoms. The lowest BCUT2D eigenvalue weighted by atomic mass is 10.3. The van der Waals surface area contributed by atoms with Gasteiger partial charge in [0.2, 0.25) is 5.91 Å². The predicted molar refractivity (Wildman–Crippen MR) is 96.8 cm³/mol. The van der Waals surface area contributed by atoms with E-state index in [2.05, 4.69) is 15.3 Å². The minimum atomic E-state index is -0.271. The van der Waals surface area contributed by atoms with Gasteiger partial charge < -0.3 is 11.1 Å². The highest BCUT2D eigenvalue weighted by Crippen LogP contribution is 2.29. The second-order valence-electron chi connectivity index (χ2n) is 4.90. The van der Waals surface area contributed by atoms with Gasteiger partial charge in [-0.05, 0) is 30.0 Å². The minimum Gasteiger partial charge on any atom is -0.383 e. The van der Waals surface area contributed by atoms with Crippen LogP contribution in [-0.4, -0.2) is 21.1 Å². The van der Waals surface area contributed by atoms with Crippen molar-refractivity contribution in [2.75, 3.05) is 11.1 Å². The standard InChI is InChI=1S/C16H16N4OS2/c1-2-12(14(21)18-10-6-4-3-5-7-10)23-16-19-13(17)11-8-9-22-15(11)20-16/h3-9,12H,2H2,1H3,(H,18,21)(H2,17,19,20). The van der Waals surface area contributed by atoms with Gasteiger partial charge in [-0.3, -0.25) is 4.79 Å². The van der Waals surface area contributed by atoms with Gasteiger partial charge in [0.1, 0.15) is 10.6 Å². The van der Waals surface area contributed by atoms with Gasteiger partial charge >= 0.3 is 0 Å². The highest BCUT2D eigenvalue weighted by molar-refractivity contribution is 8.00. The van der Waals surface area contributed by atoms with E-state index in [4.69, 9.17) is 5.73 Å². The molecule has 5 nitrogen and oxygen atoms in total. The summed E-state index contributed by atoms with van der Waals surface area (Å²) in [5, 5.41) is 5.98. The Hall–Kier alpha value is -2.12. The number of thioether (sulfide) groups is 1. The third kappa shape index (κ3) is 3.62. The lowest BCUT2D eigenvalue weighted by molar-refractivity contribution is -0.115. The molecule has 1 unspecified atom stereocenters. The van der Waals surface area contributed by atoms with E-state index in [1.807, 2.05) is 48.7 Å². The van der Waals surface area contributed by atoms with Crippen LogP contribution in [0.3, 0.4) is 0 Å². The number of aromatic nitrogens is 2. The zero-order valence-corrected chi connectivity index (χ0v) is 14.2. The number of nitrogen functional groups attached to an aromatic ring is 1. The number of anilines is 2. The number of rotatable bonds is 5. The van der Waals surface area contributed by atoms with Gasteiger partial charge in [0.25, 0.3) is 0 Å². The number of nitrogens with zero attached hydrogens (tertiary/aromatic N) is 2. The summed E-state index contributed by atoms with van der Waals surface area (Å²) < 4.78 is 0. The van der Waals surface area contributed by atoms with Gasteiger partial charge in [-0.15, -0.1) is 11.3 Å². The molecule has 7 heteroatoms. The Balaban J connectivity index is 1.76. The monoisotopic (exact) mass is 344 g/mol. The van der Waals surface area contributed by atoms with Gasteiger partial charge in [0.05, 0.1) is 10.6 Å². The Bertz CT molecular complexity index is 819. The summed E-state index contributed by atoms with van der Waals surface area (Å²) in [6, 6.07) is 11.3. The third-order valence-electron chi connectivity index (χ3n) is 3.29. The molecule has 2 heterocycles. The Morgan fingerprint density at radius 1 is 1.30 bits per heavy atom. The smallest absolute Gasteiger partial charge is 0.237 e. The van der Waals surface area contributed by atoms with E-state index in [9.17, 15) is 4.79 Å². The van der Waals surface area contributed by atoms with Gasteiger partial charge in [-0.1, -0.05) is 36.9 Å². The Kier molecular flexibility index (Phi) is 4.78. The van der Waals surface area contributed by atoms with Crippen molar-refractivity contribution < 1.29 is 4.79 Å². The van der Waals surface area contributed by atoms with Crippen LogP contribution in [0.2, 0.25) is 0 Å². The van der Waals surface area contributed by atoms with Crippen molar-refractivity contribution in [3.05, 3.63) is 41.8 Å². The first-order chi connectivity index (χ1) is 11.2. The minimum absolute atomic E-state index is 0.0582. The number of nitrogens with one attached hydrogen (secondary N) is 1. The van der Waals surface area contributed by atoms with Crippen molar-refractivity contribution >= 4 is 50.7 Å². The molecule has 23 heavy (non-hydrogen) atoms. The van der Waals surface area contributed by atoms with Crippen LogP contribution in [0.15, 0.2) is 46.9 Å². The average Bonchev–Trinajstić information content (AvgIpc) is 3.02. The van der Waals surface area contributed by atoms with Gasteiger partial charge in [0, 0.05) is 5.69 Å². The second-order valence-corrected chi connectivity index (χ2v) is 6.97.